The Morgan fingerprint density at radius 3 is 3.00 bits per heavy atom. The lowest BCUT2D eigenvalue weighted by Crippen LogP contribution is -2.30. The van der Waals surface area contributed by atoms with Crippen molar-refractivity contribution < 1.29 is 9.30 Å². The number of hydrogen-bond donors (Lipinski definition) is 0. The van der Waals surface area contributed by atoms with Gasteiger partial charge in [-0.3, -0.25) is 0 Å². The van der Waals surface area contributed by atoms with Crippen LogP contribution in [0.25, 0.3) is 11.3 Å². The zero-order valence-corrected chi connectivity index (χ0v) is 10.7. The Morgan fingerprint density at radius 1 is 1.28 bits per heavy atom. The molecule has 1 aromatic carbocycles. The Labute approximate surface area is 107 Å². The first kappa shape index (κ1) is 10.2. The van der Waals surface area contributed by atoms with Gasteiger partial charge >= 0.3 is 0 Å². The summed E-state index contributed by atoms with van der Waals surface area (Å²) in [4.78, 5) is 0. The van der Waals surface area contributed by atoms with Gasteiger partial charge in [-0.25, -0.2) is 4.57 Å². The molecule has 88 valence electrons. The molecule has 0 bridgehead atoms. The molecule has 1 saturated heterocycles. The van der Waals surface area contributed by atoms with E-state index in [4.69, 9.17) is 4.74 Å². The van der Waals surface area contributed by atoms with Crippen LogP contribution in [0.4, 0.5) is 0 Å². The Balaban J connectivity index is 1.98. The minimum Gasteiger partial charge on any atom is -0.499 e. The predicted octanol–water partition coefficient (Wildman–Crippen LogP) is 1.50. The summed E-state index contributed by atoms with van der Waals surface area (Å²) in [6.45, 7) is 2.82. The molecule has 1 atom stereocenters. The van der Waals surface area contributed by atoms with Crippen molar-refractivity contribution in [1.29, 1.82) is 0 Å². The highest BCUT2D eigenvalue weighted by atomic mass is 16.5. The zero-order chi connectivity index (χ0) is 12.3. The predicted molar refractivity (Wildman–Crippen MR) is 72.4 cm³/mol. The normalized spacial score (nSPS) is 19.2. The molecular formula is C15H15BNO+. The fraction of sp³-hybridized carbons (Fsp3) is 0.267. The fourth-order valence-corrected chi connectivity index (χ4v) is 3.00. The molecule has 2 aliphatic rings. The first-order valence-corrected chi connectivity index (χ1v) is 6.51. The third-order valence-electron chi connectivity index (χ3n) is 4.11. The summed E-state index contributed by atoms with van der Waals surface area (Å²) < 4.78 is 8.25. The van der Waals surface area contributed by atoms with E-state index in [1.165, 1.54) is 28.6 Å². The quantitative estimate of drug-likeness (QED) is 0.540. The molecule has 0 aliphatic carbocycles. The smallest absolute Gasteiger partial charge is 0.231 e. The minimum atomic E-state index is 0.453. The molecule has 3 heteroatoms. The van der Waals surface area contributed by atoms with Gasteiger partial charge in [-0.15, -0.1) is 0 Å². The van der Waals surface area contributed by atoms with Crippen LogP contribution in [0.5, 0.6) is 5.75 Å². The lowest BCUT2D eigenvalue weighted by atomic mass is 9.63. The molecule has 0 radical (unpaired) electrons. The van der Waals surface area contributed by atoms with Crippen molar-refractivity contribution in [3.63, 3.8) is 0 Å². The molecule has 3 heterocycles. The molecule has 2 aliphatic heterocycles. The highest BCUT2D eigenvalue weighted by Gasteiger charge is 2.52. The van der Waals surface area contributed by atoms with E-state index in [0.29, 0.717) is 12.7 Å². The van der Waals surface area contributed by atoms with E-state index in [9.17, 15) is 0 Å². The molecule has 0 saturated carbocycles. The summed E-state index contributed by atoms with van der Waals surface area (Å²) >= 11 is 0. The van der Waals surface area contributed by atoms with Crippen molar-refractivity contribution in [3.8, 4) is 17.0 Å². The third-order valence-corrected chi connectivity index (χ3v) is 4.11. The van der Waals surface area contributed by atoms with Crippen molar-refractivity contribution in [1.82, 2.24) is 0 Å². The summed E-state index contributed by atoms with van der Waals surface area (Å²) in [7, 11) is 2.09. The Bertz CT molecular complexity index is 653. The molecule has 2 aromatic rings. The lowest BCUT2D eigenvalue weighted by Gasteiger charge is -2.12. The lowest BCUT2D eigenvalue weighted by molar-refractivity contribution is -0.660. The van der Waals surface area contributed by atoms with Crippen LogP contribution in [-0.2, 0) is 7.05 Å². The maximum Gasteiger partial charge on any atom is 0.231 e. The average molecular weight is 236 g/mol. The van der Waals surface area contributed by atoms with E-state index >= 15 is 0 Å². The average Bonchev–Trinajstić information content (AvgIpc) is 3.03. The number of aryl methyl sites for hydroxylation is 2. The number of hydrogen-bond acceptors (Lipinski definition) is 1. The van der Waals surface area contributed by atoms with E-state index in [1.54, 1.807) is 0 Å². The number of aromatic nitrogens is 1. The number of benzene rings is 1. The maximum atomic E-state index is 6.09. The molecule has 0 spiro atoms. The molecule has 1 unspecified atom stereocenters. The summed E-state index contributed by atoms with van der Waals surface area (Å²) in [5.74, 6) is 1.12. The van der Waals surface area contributed by atoms with Gasteiger partial charge in [0.25, 0.3) is 0 Å². The first-order valence-electron chi connectivity index (χ1n) is 6.51. The second-order valence-electron chi connectivity index (χ2n) is 5.37. The molecule has 1 aromatic heterocycles. The fourth-order valence-electron chi connectivity index (χ4n) is 3.00. The second kappa shape index (κ2) is 3.38. The molecule has 4 rings (SSSR count). The topological polar surface area (TPSA) is 13.1 Å². The monoisotopic (exact) mass is 236 g/mol. The molecular weight excluding hydrogens is 221 g/mol. The summed E-state index contributed by atoms with van der Waals surface area (Å²) in [5, 5.41) is 0. The number of fused-ring (bicyclic) bond motifs is 3. The number of nitrogens with zero attached hydrogens (tertiary/aromatic N) is 1. The van der Waals surface area contributed by atoms with E-state index in [2.05, 4.69) is 55.1 Å². The van der Waals surface area contributed by atoms with Crippen molar-refractivity contribution in [2.45, 2.75) is 19.2 Å². The molecule has 0 N–H and O–H groups in total. The number of rotatable bonds is 1. The van der Waals surface area contributed by atoms with Gasteiger partial charge < -0.3 is 4.74 Å². The third kappa shape index (κ3) is 1.27. The maximum absolute atomic E-state index is 6.09. The molecule has 18 heavy (non-hydrogen) atoms. The highest BCUT2D eigenvalue weighted by Crippen LogP contribution is 2.41. The molecule has 2 nitrogen and oxygen atoms in total. The van der Waals surface area contributed by atoms with Crippen molar-refractivity contribution in [2.75, 3.05) is 0 Å². The van der Waals surface area contributed by atoms with Gasteiger partial charge in [-0.05, 0) is 30.3 Å². The standard InChI is InChI=1S/C15H15BNO/c1-10-6-7-11-15(18-13-9-16(11)13)14(10)12-5-3-4-8-17(12)2/h3-8,13H,9H2,1-2H3/q+1. The van der Waals surface area contributed by atoms with E-state index in [-0.39, 0.29) is 0 Å². The largest absolute Gasteiger partial charge is 0.499 e. The molecule has 1 fully saturated rings. The Kier molecular flexibility index (Phi) is 1.91. The SMILES string of the molecule is Cc1ccc2c(c1-c1cccc[n+]1C)OC1CB21. The summed E-state index contributed by atoms with van der Waals surface area (Å²) in [5.41, 5.74) is 5.19. The van der Waals surface area contributed by atoms with Gasteiger partial charge in [-0.2, -0.15) is 0 Å². The van der Waals surface area contributed by atoms with E-state index < -0.39 is 0 Å². The Morgan fingerprint density at radius 2 is 2.17 bits per heavy atom. The van der Waals surface area contributed by atoms with Crippen LogP contribution in [0, 0.1) is 6.92 Å². The van der Waals surface area contributed by atoms with Gasteiger partial charge in [-0.1, -0.05) is 12.1 Å². The van der Waals surface area contributed by atoms with Crippen LogP contribution < -0.4 is 14.8 Å². The van der Waals surface area contributed by atoms with E-state index in [1.807, 2.05) is 0 Å². The van der Waals surface area contributed by atoms with Crippen LogP contribution in [0.1, 0.15) is 5.56 Å². The van der Waals surface area contributed by atoms with Gasteiger partial charge in [0.05, 0.1) is 11.6 Å². The number of ether oxygens (including phenoxy) is 1. The Hall–Kier alpha value is -1.77. The highest BCUT2D eigenvalue weighted by molar-refractivity contribution is 6.86. The van der Waals surface area contributed by atoms with Gasteiger partial charge in [0.15, 0.2) is 6.20 Å². The van der Waals surface area contributed by atoms with Crippen molar-refractivity contribution in [3.05, 3.63) is 42.1 Å². The second-order valence-corrected chi connectivity index (χ2v) is 5.37. The summed E-state index contributed by atoms with van der Waals surface area (Å²) in [6, 6.07) is 11.2. The van der Waals surface area contributed by atoms with E-state index in [0.717, 1.165) is 5.75 Å². The molecule has 0 amide bonds. The van der Waals surface area contributed by atoms with Crippen LogP contribution in [0.3, 0.4) is 0 Å². The van der Waals surface area contributed by atoms with Crippen LogP contribution in [0.2, 0.25) is 6.32 Å². The van der Waals surface area contributed by atoms with Crippen molar-refractivity contribution >= 4 is 12.2 Å². The van der Waals surface area contributed by atoms with Gasteiger partial charge in [0, 0.05) is 12.1 Å². The van der Waals surface area contributed by atoms with Crippen LogP contribution >= 0.6 is 0 Å². The summed E-state index contributed by atoms with van der Waals surface area (Å²) in [6.07, 6.45) is 3.29. The van der Waals surface area contributed by atoms with Crippen LogP contribution in [0.15, 0.2) is 36.5 Å². The van der Waals surface area contributed by atoms with Crippen molar-refractivity contribution in [2.24, 2.45) is 7.05 Å². The van der Waals surface area contributed by atoms with Gasteiger partial charge in [0.1, 0.15) is 12.8 Å². The van der Waals surface area contributed by atoms with Crippen LogP contribution in [-0.4, -0.2) is 12.7 Å². The van der Waals surface area contributed by atoms with Gasteiger partial charge in [0.2, 0.25) is 12.4 Å². The zero-order valence-electron chi connectivity index (χ0n) is 10.7. The first-order chi connectivity index (χ1) is 8.75. The number of pyridine rings is 1. The minimum absolute atomic E-state index is 0.453.